The number of hydrogen-bond acceptors (Lipinski definition) is 5. The fraction of sp³-hybridized carbons (Fsp3) is 0.115. The third kappa shape index (κ3) is 6.73. The predicted octanol–water partition coefficient (Wildman–Crippen LogP) is 4.39. The standard InChI is InChI=1S/C26H23NO6S/c28-24(29)15-27(25(30)21(17-34)13-18-5-2-1-3-6-18)22-9-11-23(12-10-22)33-16-19-7-4-8-20(14-19)26(31)32/h1-14,34H,15-17H2,(H,28,29)(H,31,32). The Labute approximate surface area is 202 Å². The number of aliphatic carboxylic acids is 1. The quantitative estimate of drug-likeness (QED) is 0.295. The molecule has 0 aliphatic rings. The zero-order valence-electron chi connectivity index (χ0n) is 18.1. The molecule has 2 N–H and O–H groups in total. The fourth-order valence-corrected chi connectivity index (χ4v) is 3.42. The van der Waals surface area contributed by atoms with E-state index in [0.29, 0.717) is 22.6 Å². The average molecular weight is 478 g/mol. The van der Waals surface area contributed by atoms with Crippen molar-refractivity contribution in [1.82, 2.24) is 0 Å². The molecule has 0 saturated carbocycles. The Bertz CT molecular complexity index is 1190. The summed E-state index contributed by atoms with van der Waals surface area (Å²) in [7, 11) is 0. The topological polar surface area (TPSA) is 104 Å². The summed E-state index contributed by atoms with van der Waals surface area (Å²) in [4.78, 5) is 36.9. The summed E-state index contributed by atoms with van der Waals surface area (Å²) in [6.07, 6.45) is 1.69. The molecule has 0 fully saturated rings. The maximum atomic E-state index is 13.2. The normalized spacial score (nSPS) is 11.0. The van der Waals surface area contributed by atoms with E-state index < -0.39 is 24.4 Å². The van der Waals surface area contributed by atoms with E-state index in [1.807, 2.05) is 30.3 Å². The number of thiol groups is 1. The molecule has 0 aliphatic carbocycles. The Morgan fingerprint density at radius 3 is 2.24 bits per heavy atom. The van der Waals surface area contributed by atoms with E-state index in [9.17, 15) is 19.5 Å². The average Bonchev–Trinajstić information content (AvgIpc) is 2.85. The second kappa shape index (κ2) is 11.7. The molecule has 0 aliphatic heterocycles. The minimum atomic E-state index is -1.15. The highest BCUT2D eigenvalue weighted by molar-refractivity contribution is 7.80. The minimum Gasteiger partial charge on any atom is -0.489 e. The monoisotopic (exact) mass is 477 g/mol. The van der Waals surface area contributed by atoms with Gasteiger partial charge in [-0.05, 0) is 53.6 Å². The van der Waals surface area contributed by atoms with Gasteiger partial charge < -0.3 is 14.9 Å². The predicted molar refractivity (Wildman–Crippen MR) is 132 cm³/mol. The number of carbonyl (C=O) groups excluding carboxylic acids is 1. The summed E-state index contributed by atoms with van der Waals surface area (Å²) in [6.45, 7) is -0.358. The zero-order valence-corrected chi connectivity index (χ0v) is 19.0. The number of aromatic carboxylic acids is 1. The third-order valence-corrected chi connectivity index (χ3v) is 5.19. The molecule has 3 aromatic carbocycles. The van der Waals surface area contributed by atoms with Crippen molar-refractivity contribution in [3.05, 3.63) is 101 Å². The van der Waals surface area contributed by atoms with Gasteiger partial charge in [-0.3, -0.25) is 14.5 Å². The van der Waals surface area contributed by atoms with E-state index >= 15 is 0 Å². The SMILES string of the molecule is O=C(O)CN(C(=O)C(=Cc1ccccc1)CS)c1ccc(OCc2cccc(C(=O)O)c2)cc1. The Kier molecular flexibility index (Phi) is 8.48. The summed E-state index contributed by atoms with van der Waals surface area (Å²) in [5.41, 5.74) is 2.42. The Hall–Kier alpha value is -4.04. The van der Waals surface area contributed by atoms with E-state index in [-0.39, 0.29) is 17.9 Å². The van der Waals surface area contributed by atoms with Crippen molar-refractivity contribution in [3.63, 3.8) is 0 Å². The Balaban J connectivity index is 1.77. The van der Waals surface area contributed by atoms with E-state index in [1.54, 1.807) is 42.5 Å². The highest BCUT2D eigenvalue weighted by Crippen LogP contribution is 2.23. The lowest BCUT2D eigenvalue weighted by atomic mass is 10.1. The van der Waals surface area contributed by atoms with Crippen LogP contribution in [0.1, 0.15) is 21.5 Å². The smallest absolute Gasteiger partial charge is 0.335 e. The molecule has 8 heteroatoms. The number of hydrogen-bond donors (Lipinski definition) is 3. The molecule has 3 rings (SSSR count). The molecular formula is C26H23NO6S. The summed E-state index contributed by atoms with van der Waals surface area (Å²) in [6, 6.07) is 22.1. The molecule has 0 unspecified atom stereocenters. The van der Waals surface area contributed by atoms with Crippen LogP contribution in [0.4, 0.5) is 5.69 Å². The van der Waals surface area contributed by atoms with Crippen molar-refractivity contribution in [2.45, 2.75) is 6.61 Å². The summed E-state index contributed by atoms with van der Waals surface area (Å²) < 4.78 is 5.71. The van der Waals surface area contributed by atoms with E-state index in [2.05, 4.69) is 12.6 Å². The summed E-state index contributed by atoms with van der Waals surface area (Å²) in [5.74, 6) is -2.00. The Morgan fingerprint density at radius 1 is 0.912 bits per heavy atom. The number of rotatable bonds is 10. The van der Waals surface area contributed by atoms with E-state index in [0.717, 1.165) is 5.56 Å². The van der Waals surface area contributed by atoms with Crippen molar-refractivity contribution in [1.29, 1.82) is 0 Å². The second-order valence-electron chi connectivity index (χ2n) is 7.31. The molecular weight excluding hydrogens is 454 g/mol. The number of carboxylic acid groups (broad SMARTS) is 2. The van der Waals surface area contributed by atoms with Crippen LogP contribution in [-0.2, 0) is 16.2 Å². The lowest BCUT2D eigenvalue weighted by Gasteiger charge is -2.22. The van der Waals surface area contributed by atoms with E-state index in [4.69, 9.17) is 9.84 Å². The van der Waals surface area contributed by atoms with Gasteiger partial charge in [-0.1, -0.05) is 42.5 Å². The van der Waals surface area contributed by atoms with Crippen LogP contribution in [0.2, 0.25) is 0 Å². The summed E-state index contributed by atoms with van der Waals surface area (Å²) >= 11 is 4.26. The van der Waals surface area contributed by atoms with Gasteiger partial charge in [0.1, 0.15) is 18.9 Å². The van der Waals surface area contributed by atoms with Gasteiger partial charge in [-0.2, -0.15) is 12.6 Å². The van der Waals surface area contributed by atoms with Crippen LogP contribution >= 0.6 is 12.6 Å². The van der Waals surface area contributed by atoms with Gasteiger partial charge in [0.15, 0.2) is 0 Å². The molecule has 1 amide bonds. The molecule has 0 aromatic heterocycles. The van der Waals surface area contributed by atoms with E-state index in [1.165, 1.54) is 17.0 Å². The number of ether oxygens (including phenoxy) is 1. The van der Waals surface area contributed by atoms with Crippen molar-refractivity contribution < 1.29 is 29.3 Å². The lowest BCUT2D eigenvalue weighted by molar-refractivity contribution is -0.136. The van der Waals surface area contributed by atoms with Gasteiger partial charge in [0.05, 0.1) is 5.56 Å². The van der Waals surface area contributed by atoms with Crippen molar-refractivity contribution in [2.24, 2.45) is 0 Å². The number of amides is 1. The van der Waals surface area contributed by atoms with Crippen LogP contribution in [-0.4, -0.2) is 40.4 Å². The van der Waals surface area contributed by atoms with Crippen molar-refractivity contribution >= 4 is 42.2 Å². The number of anilines is 1. The highest BCUT2D eigenvalue weighted by Gasteiger charge is 2.22. The first-order chi connectivity index (χ1) is 16.4. The van der Waals surface area contributed by atoms with Crippen LogP contribution < -0.4 is 9.64 Å². The number of benzene rings is 3. The molecule has 34 heavy (non-hydrogen) atoms. The number of carboxylic acids is 2. The van der Waals surface area contributed by atoms with Crippen LogP contribution in [0.15, 0.2) is 84.4 Å². The molecule has 3 aromatic rings. The molecule has 0 heterocycles. The molecule has 0 saturated heterocycles. The maximum absolute atomic E-state index is 13.2. The molecule has 0 atom stereocenters. The second-order valence-corrected chi connectivity index (χ2v) is 7.63. The molecule has 0 bridgehead atoms. The largest absolute Gasteiger partial charge is 0.489 e. The van der Waals surface area contributed by atoms with Crippen LogP contribution in [0.5, 0.6) is 5.75 Å². The van der Waals surface area contributed by atoms with Gasteiger partial charge in [0.25, 0.3) is 5.91 Å². The van der Waals surface area contributed by atoms with Gasteiger partial charge in [0, 0.05) is 17.0 Å². The van der Waals surface area contributed by atoms with Crippen LogP contribution in [0.3, 0.4) is 0 Å². The molecule has 0 spiro atoms. The zero-order chi connectivity index (χ0) is 24.5. The third-order valence-electron chi connectivity index (χ3n) is 4.85. The van der Waals surface area contributed by atoms with Gasteiger partial charge in [-0.15, -0.1) is 0 Å². The number of nitrogens with zero attached hydrogens (tertiary/aromatic N) is 1. The number of carbonyl (C=O) groups is 3. The van der Waals surface area contributed by atoms with Crippen LogP contribution in [0.25, 0.3) is 6.08 Å². The summed E-state index contributed by atoms with van der Waals surface area (Å²) in [5, 5.41) is 18.5. The fourth-order valence-electron chi connectivity index (χ4n) is 3.20. The Morgan fingerprint density at radius 2 is 1.62 bits per heavy atom. The molecule has 0 radical (unpaired) electrons. The lowest BCUT2D eigenvalue weighted by Crippen LogP contribution is -2.37. The van der Waals surface area contributed by atoms with Gasteiger partial charge >= 0.3 is 11.9 Å². The first kappa shape index (κ1) is 24.6. The first-order valence-corrected chi connectivity index (χ1v) is 11.0. The first-order valence-electron chi connectivity index (χ1n) is 10.3. The maximum Gasteiger partial charge on any atom is 0.335 e. The molecule has 7 nitrogen and oxygen atoms in total. The molecule has 174 valence electrons. The van der Waals surface area contributed by atoms with Crippen molar-refractivity contribution in [3.8, 4) is 5.75 Å². The van der Waals surface area contributed by atoms with Crippen molar-refractivity contribution in [2.75, 3.05) is 17.2 Å². The van der Waals surface area contributed by atoms with Crippen LogP contribution in [0, 0.1) is 0 Å². The highest BCUT2D eigenvalue weighted by atomic mass is 32.1. The minimum absolute atomic E-state index is 0.139. The van der Waals surface area contributed by atoms with Gasteiger partial charge in [0.2, 0.25) is 0 Å². The van der Waals surface area contributed by atoms with Gasteiger partial charge in [-0.25, -0.2) is 4.79 Å².